The lowest BCUT2D eigenvalue weighted by Gasteiger charge is -2.30. The molecule has 1 aromatic rings. The molecule has 6 atom stereocenters. The largest absolute Gasteiger partial charge is 0.492 e. The second-order valence-electron chi connectivity index (χ2n) is 11.2. The van der Waals surface area contributed by atoms with Crippen molar-refractivity contribution in [1.82, 2.24) is 5.32 Å². The van der Waals surface area contributed by atoms with Gasteiger partial charge in [0.2, 0.25) is 11.6 Å². The number of aliphatic hydroxyl groups is 1. The van der Waals surface area contributed by atoms with Crippen LogP contribution in [0.3, 0.4) is 0 Å². The molecule has 0 fully saturated rings. The van der Waals surface area contributed by atoms with Crippen molar-refractivity contribution < 1.29 is 47.6 Å². The average Bonchev–Trinajstić information content (AvgIpc) is 3.53. The van der Waals surface area contributed by atoms with Gasteiger partial charge in [-0.15, -0.1) is 0 Å². The van der Waals surface area contributed by atoms with Crippen molar-refractivity contribution in [3.8, 4) is 0 Å². The molecule has 244 valence electrons. The number of nitrogens with two attached hydrogens (primary N) is 1. The van der Waals surface area contributed by atoms with E-state index in [4.69, 9.17) is 29.1 Å². The molecule has 4 N–H and O–H groups in total. The van der Waals surface area contributed by atoms with E-state index in [0.29, 0.717) is 12.0 Å². The molecule has 2 aliphatic rings. The summed E-state index contributed by atoms with van der Waals surface area (Å²) in [5.41, 5.74) is 5.85. The van der Waals surface area contributed by atoms with Gasteiger partial charge in [0, 0.05) is 31.3 Å². The smallest absolute Gasteiger partial charge is 0.405 e. The maximum Gasteiger partial charge on any atom is 0.405 e. The van der Waals surface area contributed by atoms with Crippen molar-refractivity contribution in [1.29, 1.82) is 0 Å². The lowest BCUT2D eigenvalue weighted by atomic mass is 9.83. The number of furan rings is 1. The van der Waals surface area contributed by atoms with Crippen molar-refractivity contribution >= 4 is 29.1 Å². The van der Waals surface area contributed by atoms with E-state index in [1.807, 2.05) is 6.92 Å². The molecule has 3 rings (SSSR count). The number of carbonyl (C=O) groups is 4. The Bertz CT molecular complexity index is 1430. The number of methoxy groups -OCH3 is 3. The fourth-order valence-corrected chi connectivity index (χ4v) is 5.50. The first-order chi connectivity index (χ1) is 21.3. The Kier molecular flexibility index (Phi) is 12.2. The van der Waals surface area contributed by atoms with Crippen molar-refractivity contribution in [3.63, 3.8) is 0 Å². The molecule has 12 heteroatoms. The lowest BCUT2D eigenvalue weighted by Crippen LogP contribution is -2.37. The van der Waals surface area contributed by atoms with Crippen LogP contribution in [0.2, 0.25) is 0 Å². The van der Waals surface area contributed by atoms with Crippen LogP contribution in [0.1, 0.15) is 46.3 Å². The van der Waals surface area contributed by atoms with Crippen LogP contribution in [0, 0.1) is 11.8 Å². The Morgan fingerprint density at radius 1 is 1.09 bits per heavy atom. The molecule has 2 heterocycles. The third-order valence-electron chi connectivity index (χ3n) is 7.87. The van der Waals surface area contributed by atoms with Crippen LogP contribution in [0.25, 0.3) is 5.57 Å². The van der Waals surface area contributed by atoms with E-state index in [2.05, 4.69) is 5.32 Å². The van der Waals surface area contributed by atoms with Gasteiger partial charge in [-0.25, -0.2) is 4.79 Å². The number of Topliss-reactive ketones (excluding diaryl/α,β-unsaturated/α-hetero) is 2. The Balaban J connectivity index is 2.18. The number of hydrogen-bond donors (Lipinski definition) is 3. The standard InChI is InChI=1S/C33H42N2O10/c1-17-14-21-28(37)26(25(22-12-9-13-44-22)29(38)31(21)43-7)35-32(39)18(2)10-8-11-23(41-5)30(45-33(34)40)20(4)16-19(3)27(36)24(15-17)42-6/h8-13,16-17,19,23-24,27,30,36H,14-15H2,1-7H3,(H2,34,40)(H,35,39)/b11-8-,18-10+,20-16+/t17-,19+,23+,24+,27-,30+/m1/s1. The summed E-state index contributed by atoms with van der Waals surface area (Å²) in [6.45, 7) is 6.90. The lowest BCUT2D eigenvalue weighted by molar-refractivity contribution is -0.120. The van der Waals surface area contributed by atoms with Gasteiger partial charge < -0.3 is 39.5 Å². The molecule has 2 bridgehead atoms. The molecule has 0 radical (unpaired) electrons. The zero-order chi connectivity index (χ0) is 33.4. The normalized spacial score (nSPS) is 30.6. The quantitative estimate of drug-likeness (QED) is 0.324. The molecular formula is C33H42N2O10. The van der Waals surface area contributed by atoms with Crippen molar-refractivity contribution in [2.45, 2.75) is 65.0 Å². The number of ether oxygens (including phenoxy) is 4. The zero-order valence-corrected chi connectivity index (χ0v) is 26.6. The molecule has 0 saturated heterocycles. The summed E-state index contributed by atoms with van der Waals surface area (Å²) >= 11 is 0. The van der Waals surface area contributed by atoms with E-state index >= 15 is 0 Å². The predicted molar refractivity (Wildman–Crippen MR) is 164 cm³/mol. The summed E-state index contributed by atoms with van der Waals surface area (Å²) in [5, 5.41) is 13.9. The Hall–Kier alpha value is -4.26. The van der Waals surface area contributed by atoms with Crippen molar-refractivity contribution in [3.05, 3.63) is 76.6 Å². The first kappa shape index (κ1) is 35.2. The van der Waals surface area contributed by atoms with E-state index in [-0.39, 0.29) is 46.3 Å². The fourth-order valence-electron chi connectivity index (χ4n) is 5.50. The molecule has 45 heavy (non-hydrogen) atoms. The molecule has 0 aromatic carbocycles. The van der Waals surface area contributed by atoms with Crippen LogP contribution in [0.4, 0.5) is 4.79 Å². The summed E-state index contributed by atoms with van der Waals surface area (Å²) in [5.74, 6) is -2.65. The van der Waals surface area contributed by atoms with Gasteiger partial charge >= 0.3 is 6.09 Å². The molecule has 1 aliphatic carbocycles. The van der Waals surface area contributed by atoms with E-state index in [9.17, 15) is 24.3 Å². The second-order valence-corrected chi connectivity index (χ2v) is 11.2. The highest BCUT2D eigenvalue weighted by Gasteiger charge is 2.39. The number of aliphatic hydroxyl groups excluding tert-OH is 1. The van der Waals surface area contributed by atoms with Crippen LogP contribution in [0.15, 0.2) is 75.3 Å². The first-order valence-electron chi connectivity index (χ1n) is 14.5. The van der Waals surface area contributed by atoms with Gasteiger partial charge in [-0.2, -0.15) is 0 Å². The Labute approximate surface area is 262 Å². The number of ketones is 2. The minimum Gasteiger partial charge on any atom is -0.492 e. The summed E-state index contributed by atoms with van der Waals surface area (Å²) in [4.78, 5) is 52.9. The topological polar surface area (TPSA) is 177 Å². The van der Waals surface area contributed by atoms with Gasteiger partial charge in [0.25, 0.3) is 5.91 Å². The Morgan fingerprint density at radius 3 is 2.38 bits per heavy atom. The van der Waals surface area contributed by atoms with Crippen LogP contribution in [0.5, 0.6) is 0 Å². The van der Waals surface area contributed by atoms with E-state index in [1.54, 1.807) is 32.1 Å². The number of primary amides is 1. The van der Waals surface area contributed by atoms with Crippen LogP contribution < -0.4 is 11.1 Å². The SMILES string of the molecule is COC1=C2C[C@@H](C)C[C@H](OC)[C@H](O)[C@@H](C)/C=C(\C)[C@H](OC(N)=O)[C@@H](OC)/C=C\C=C(/C)C(=O)NC(=C(c3ccco3)C1=O)C2=O. The summed E-state index contributed by atoms with van der Waals surface area (Å²) < 4.78 is 27.5. The monoisotopic (exact) mass is 626 g/mol. The fraction of sp³-hybridized carbons (Fsp3) is 0.455. The highest BCUT2D eigenvalue weighted by molar-refractivity contribution is 6.38. The molecule has 0 spiro atoms. The highest BCUT2D eigenvalue weighted by atomic mass is 16.6. The molecule has 1 aromatic heterocycles. The summed E-state index contributed by atoms with van der Waals surface area (Å²) in [6.07, 6.45) is 3.66. The molecule has 0 unspecified atom stereocenters. The number of allylic oxidation sites excluding steroid dienone is 4. The maximum atomic E-state index is 14.0. The van der Waals surface area contributed by atoms with Gasteiger partial charge in [-0.05, 0) is 50.3 Å². The number of hydrogen-bond acceptors (Lipinski definition) is 10. The van der Waals surface area contributed by atoms with Crippen LogP contribution in [-0.2, 0) is 33.3 Å². The third-order valence-corrected chi connectivity index (χ3v) is 7.87. The summed E-state index contributed by atoms with van der Waals surface area (Å²) in [7, 11) is 4.20. The predicted octanol–water partition coefficient (Wildman–Crippen LogP) is 3.53. The number of amides is 2. The number of fused-ring (bicyclic) bond motifs is 2. The Morgan fingerprint density at radius 2 is 1.80 bits per heavy atom. The van der Waals surface area contributed by atoms with E-state index in [0.717, 1.165) is 0 Å². The summed E-state index contributed by atoms with van der Waals surface area (Å²) in [6, 6.07) is 3.07. The first-order valence-corrected chi connectivity index (χ1v) is 14.5. The molecular weight excluding hydrogens is 584 g/mol. The number of rotatable bonds is 5. The van der Waals surface area contributed by atoms with E-state index in [1.165, 1.54) is 52.7 Å². The number of carbonyl (C=O) groups excluding carboxylic acids is 4. The van der Waals surface area contributed by atoms with Crippen LogP contribution in [-0.4, -0.2) is 74.4 Å². The van der Waals surface area contributed by atoms with Crippen molar-refractivity contribution in [2.75, 3.05) is 21.3 Å². The molecule has 0 saturated carbocycles. The minimum atomic E-state index is -1.01. The van der Waals surface area contributed by atoms with Gasteiger partial charge in [0.1, 0.15) is 17.6 Å². The molecule has 12 nitrogen and oxygen atoms in total. The average molecular weight is 627 g/mol. The van der Waals surface area contributed by atoms with Gasteiger partial charge in [0.05, 0.1) is 31.2 Å². The third kappa shape index (κ3) is 8.27. The van der Waals surface area contributed by atoms with Crippen molar-refractivity contribution in [2.24, 2.45) is 17.6 Å². The molecule has 1 aliphatic heterocycles. The highest BCUT2D eigenvalue weighted by Crippen LogP contribution is 2.35. The van der Waals surface area contributed by atoms with E-state index < -0.39 is 53.9 Å². The van der Waals surface area contributed by atoms with Gasteiger partial charge in [0.15, 0.2) is 11.9 Å². The van der Waals surface area contributed by atoms with Crippen LogP contribution >= 0.6 is 0 Å². The van der Waals surface area contributed by atoms with Gasteiger partial charge in [-0.3, -0.25) is 14.4 Å². The second kappa shape index (κ2) is 15.6. The molecule has 2 amide bonds. The minimum absolute atomic E-state index is 0.0857. The van der Waals surface area contributed by atoms with Gasteiger partial charge in [-0.1, -0.05) is 38.2 Å². The maximum absolute atomic E-state index is 14.0. The number of nitrogens with one attached hydrogen (secondary N) is 1. The zero-order valence-electron chi connectivity index (χ0n) is 26.6.